The Balaban J connectivity index is 1.76. The van der Waals surface area contributed by atoms with E-state index in [1.165, 1.54) is 13.8 Å². The van der Waals surface area contributed by atoms with Gasteiger partial charge in [-0.1, -0.05) is 37.3 Å². The molecular weight excluding hydrogens is 370 g/mol. The third-order valence-corrected chi connectivity index (χ3v) is 4.58. The summed E-state index contributed by atoms with van der Waals surface area (Å²) in [7, 11) is 0. The zero-order valence-corrected chi connectivity index (χ0v) is 17.0. The maximum absolute atomic E-state index is 12.2. The van der Waals surface area contributed by atoms with Crippen molar-refractivity contribution < 1.29 is 23.9 Å². The van der Waals surface area contributed by atoms with Gasteiger partial charge in [-0.2, -0.15) is 0 Å². The predicted molar refractivity (Wildman–Crippen MR) is 110 cm³/mol. The molecule has 0 aromatic heterocycles. The van der Waals surface area contributed by atoms with Gasteiger partial charge in [-0.25, -0.2) is 4.79 Å². The molecule has 29 heavy (non-hydrogen) atoms. The smallest absolute Gasteiger partial charge is 0.344 e. The van der Waals surface area contributed by atoms with Crippen molar-refractivity contribution in [2.24, 2.45) is 0 Å². The highest BCUT2D eigenvalue weighted by molar-refractivity contribution is 5.94. The van der Waals surface area contributed by atoms with Crippen molar-refractivity contribution in [2.45, 2.75) is 39.2 Å². The van der Waals surface area contributed by atoms with E-state index < -0.39 is 12.1 Å². The molecule has 2 atom stereocenters. The lowest BCUT2D eigenvalue weighted by atomic mass is 9.96. The summed E-state index contributed by atoms with van der Waals surface area (Å²) in [4.78, 5) is 35.4. The number of hydrogen-bond donors (Lipinski definition) is 1. The summed E-state index contributed by atoms with van der Waals surface area (Å²) in [6.45, 7) is 5.22. The fourth-order valence-corrected chi connectivity index (χ4v) is 2.80. The molecule has 0 unspecified atom stereocenters. The van der Waals surface area contributed by atoms with Gasteiger partial charge < -0.3 is 14.8 Å². The van der Waals surface area contributed by atoms with Crippen LogP contribution < -0.4 is 10.1 Å². The summed E-state index contributed by atoms with van der Waals surface area (Å²) in [6, 6.07) is 16.4. The molecule has 0 aliphatic heterocycles. The van der Waals surface area contributed by atoms with Gasteiger partial charge in [0, 0.05) is 18.0 Å². The maximum Gasteiger partial charge on any atom is 0.344 e. The van der Waals surface area contributed by atoms with Crippen LogP contribution in [-0.4, -0.2) is 36.9 Å². The van der Waals surface area contributed by atoms with Crippen molar-refractivity contribution in [3.05, 3.63) is 65.7 Å². The quantitative estimate of drug-likeness (QED) is 0.490. The summed E-state index contributed by atoms with van der Waals surface area (Å²) >= 11 is 0. The van der Waals surface area contributed by atoms with Gasteiger partial charge >= 0.3 is 5.97 Å². The zero-order valence-electron chi connectivity index (χ0n) is 17.0. The van der Waals surface area contributed by atoms with Crippen molar-refractivity contribution in [3.8, 4) is 5.75 Å². The van der Waals surface area contributed by atoms with Gasteiger partial charge in [-0.15, -0.1) is 0 Å². The van der Waals surface area contributed by atoms with Gasteiger partial charge in [0.25, 0.3) is 5.91 Å². The number of benzene rings is 2. The summed E-state index contributed by atoms with van der Waals surface area (Å²) in [6.07, 6.45) is -0.0335. The monoisotopic (exact) mass is 397 g/mol. The number of Topliss-reactive ketones (excluding diaryl/α,β-unsaturated/α-hetero) is 1. The molecule has 2 aromatic rings. The van der Waals surface area contributed by atoms with E-state index in [0.717, 1.165) is 12.0 Å². The number of nitrogens with one attached hydrogen (secondary N) is 1. The molecule has 0 aliphatic carbocycles. The van der Waals surface area contributed by atoms with Crippen LogP contribution in [0.15, 0.2) is 54.6 Å². The number of rotatable bonds is 10. The first-order chi connectivity index (χ1) is 13.9. The topological polar surface area (TPSA) is 81.7 Å². The van der Waals surface area contributed by atoms with Crippen molar-refractivity contribution in [2.75, 3.05) is 13.2 Å². The van der Waals surface area contributed by atoms with Crippen molar-refractivity contribution in [1.82, 2.24) is 5.32 Å². The number of amides is 1. The highest BCUT2D eigenvalue weighted by Crippen LogP contribution is 2.18. The predicted octanol–water partition coefficient (Wildman–Crippen LogP) is 3.51. The largest absolute Gasteiger partial charge is 0.482 e. The highest BCUT2D eigenvalue weighted by Gasteiger charge is 2.19. The maximum atomic E-state index is 12.2. The summed E-state index contributed by atoms with van der Waals surface area (Å²) in [5.41, 5.74) is 1.72. The standard InChI is InChI=1S/C23H27NO5/c1-4-18(20-8-6-5-7-9-20)14-24-23(27)17(3)29-22(26)15-28-21-12-10-19(11-13-21)16(2)25/h5-13,17-18H,4,14-15H2,1-3H3,(H,24,27)/t17-,18+/m1/s1. The molecule has 0 radical (unpaired) electrons. The molecule has 0 spiro atoms. The van der Waals surface area contributed by atoms with E-state index in [9.17, 15) is 14.4 Å². The molecule has 6 heteroatoms. The first-order valence-corrected chi connectivity index (χ1v) is 9.66. The highest BCUT2D eigenvalue weighted by atomic mass is 16.6. The lowest BCUT2D eigenvalue weighted by Crippen LogP contribution is -2.38. The average molecular weight is 397 g/mol. The van der Waals surface area contributed by atoms with Crippen LogP contribution in [0.4, 0.5) is 0 Å². The number of ether oxygens (including phenoxy) is 2. The van der Waals surface area contributed by atoms with E-state index in [1.54, 1.807) is 24.3 Å². The molecule has 0 bridgehead atoms. The van der Waals surface area contributed by atoms with Gasteiger partial charge in [0.1, 0.15) is 5.75 Å². The van der Waals surface area contributed by atoms with E-state index in [-0.39, 0.29) is 24.2 Å². The summed E-state index contributed by atoms with van der Waals surface area (Å²) in [5.74, 6) is -0.396. The van der Waals surface area contributed by atoms with Gasteiger partial charge in [-0.05, 0) is 50.1 Å². The van der Waals surface area contributed by atoms with Gasteiger partial charge in [0.15, 0.2) is 18.5 Å². The number of carbonyl (C=O) groups is 3. The van der Waals surface area contributed by atoms with Crippen LogP contribution >= 0.6 is 0 Å². The van der Waals surface area contributed by atoms with Crippen molar-refractivity contribution in [3.63, 3.8) is 0 Å². The molecule has 1 N–H and O–H groups in total. The number of esters is 1. The first-order valence-electron chi connectivity index (χ1n) is 9.66. The normalized spacial score (nSPS) is 12.5. The Kier molecular flexibility index (Phi) is 8.40. The Morgan fingerprint density at radius 2 is 1.66 bits per heavy atom. The van der Waals surface area contributed by atoms with Crippen LogP contribution in [0.3, 0.4) is 0 Å². The van der Waals surface area contributed by atoms with E-state index in [1.807, 2.05) is 30.3 Å². The Bertz CT molecular complexity index is 817. The molecule has 0 heterocycles. The number of carbonyl (C=O) groups excluding carboxylic acids is 3. The summed E-state index contributed by atoms with van der Waals surface area (Å²) < 4.78 is 10.5. The number of hydrogen-bond acceptors (Lipinski definition) is 5. The Hall–Kier alpha value is -3.15. The molecular formula is C23H27NO5. The zero-order chi connectivity index (χ0) is 21.2. The molecule has 0 fully saturated rings. The fraction of sp³-hybridized carbons (Fsp3) is 0.348. The van der Waals surface area contributed by atoms with Gasteiger partial charge in [0.2, 0.25) is 0 Å². The van der Waals surface area contributed by atoms with E-state index in [0.29, 0.717) is 17.9 Å². The average Bonchev–Trinajstić information content (AvgIpc) is 2.73. The van der Waals surface area contributed by atoms with Crippen LogP contribution in [-0.2, 0) is 14.3 Å². The molecule has 0 aliphatic rings. The van der Waals surface area contributed by atoms with E-state index in [2.05, 4.69) is 12.2 Å². The van der Waals surface area contributed by atoms with Gasteiger partial charge in [0.05, 0.1) is 0 Å². The second-order valence-corrected chi connectivity index (χ2v) is 6.76. The van der Waals surface area contributed by atoms with Crippen LogP contribution in [0.5, 0.6) is 5.75 Å². The third kappa shape index (κ3) is 7.07. The Morgan fingerprint density at radius 1 is 1.00 bits per heavy atom. The molecule has 2 aromatic carbocycles. The molecule has 1 amide bonds. The second kappa shape index (κ2) is 11.0. The minimum Gasteiger partial charge on any atom is -0.482 e. The number of ketones is 1. The molecule has 0 saturated heterocycles. The molecule has 154 valence electrons. The van der Waals surface area contributed by atoms with Crippen molar-refractivity contribution >= 4 is 17.7 Å². The fourth-order valence-electron chi connectivity index (χ4n) is 2.80. The molecule has 0 saturated carbocycles. The Labute approximate surface area is 171 Å². The van der Waals surface area contributed by atoms with Gasteiger partial charge in [-0.3, -0.25) is 9.59 Å². The van der Waals surface area contributed by atoms with Crippen LogP contribution in [0.25, 0.3) is 0 Å². The molecule has 2 rings (SSSR count). The Morgan fingerprint density at radius 3 is 2.24 bits per heavy atom. The third-order valence-electron chi connectivity index (χ3n) is 4.58. The first kappa shape index (κ1) is 22.1. The minimum absolute atomic E-state index is 0.0478. The van der Waals surface area contributed by atoms with E-state index >= 15 is 0 Å². The van der Waals surface area contributed by atoms with Crippen LogP contribution in [0.1, 0.15) is 49.0 Å². The van der Waals surface area contributed by atoms with Crippen LogP contribution in [0, 0.1) is 0 Å². The minimum atomic E-state index is -0.917. The molecule has 6 nitrogen and oxygen atoms in total. The lowest BCUT2D eigenvalue weighted by molar-refractivity contribution is -0.156. The lowest BCUT2D eigenvalue weighted by Gasteiger charge is -2.18. The van der Waals surface area contributed by atoms with Crippen molar-refractivity contribution in [1.29, 1.82) is 0 Å². The SMILES string of the molecule is CC[C@@H](CNC(=O)[C@@H](C)OC(=O)COc1ccc(C(C)=O)cc1)c1ccccc1. The van der Waals surface area contributed by atoms with Crippen LogP contribution in [0.2, 0.25) is 0 Å². The van der Waals surface area contributed by atoms with E-state index in [4.69, 9.17) is 9.47 Å². The summed E-state index contributed by atoms with van der Waals surface area (Å²) in [5, 5.41) is 2.84. The second-order valence-electron chi connectivity index (χ2n) is 6.76.